The molecule has 7 aromatic carbocycles. The molecule has 5 nitrogen and oxygen atoms in total. The Morgan fingerprint density at radius 3 is 1.58 bits per heavy atom. The Morgan fingerprint density at radius 2 is 0.840 bits per heavy atom. The largest absolute Gasteiger partial charge is 0.456 e. The number of nitrogens with zero attached hydrogens (tertiary/aromatic N) is 3. The smallest absolute Gasteiger partial charge is 0.164 e. The lowest BCUT2D eigenvalue weighted by atomic mass is 9.95. The van der Waals surface area contributed by atoms with Crippen molar-refractivity contribution < 1.29 is 8.83 Å². The summed E-state index contributed by atoms with van der Waals surface area (Å²) in [4.78, 5) is 15.0. The number of hydrogen-bond donors (Lipinski definition) is 0. The fourth-order valence-electron chi connectivity index (χ4n) is 6.86. The molecule has 234 valence electrons. The molecule has 0 fully saturated rings. The summed E-state index contributed by atoms with van der Waals surface area (Å²) in [5.74, 6) is 1.76. The van der Waals surface area contributed by atoms with Gasteiger partial charge in [-0.25, -0.2) is 15.0 Å². The van der Waals surface area contributed by atoms with Gasteiger partial charge in [-0.3, -0.25) is 0 Å². The van der Waals surface area contributed by atoms with Gasteiger partial charge in [0.2, 0.25) is 0 Å². The van der Waals surface area contributed by atoms with Gasteiger partial charge in [-0.05, 0) is 65.2 Å². The third kappa shape index (κ3) is 4.75. The number of hydrogen-bond acceptors (Lipinski definition) is 5. The molecule has 10 aromatic rings. The molecule has 0 N–H and O–H groups in total. The lowest BCUT2D eigenvalue weighted by Gasteiger charge is -2.08. The zero-order valence-electron chi connectivity index (χ0n) is 26.7. The maximum absolute atomic E-state index is 6.72. The number of rotatable bonds is 5. The third-order valence-corrected chi connectivity index (χ3v) is 9.33. The minimum atomic E-state index is 0.571. The minimum Gasteiger partial charge on any atom is -0.456 e. The molecule has 3 aromatic heterocycles. The summed E-state index contributed by atoms with van der Waals surface area (Å²) >= 11 is 0. The molecule has 0 saturated carbocycles. The van der Waals surface area contributed by atoms with E-state index in [1.54, 1.807) is 0 Å². The van der Waals surface area contributed by atoms with E-state index in [0.717, 1.165) is 82.8 Å². The van der Waals surface area contributed by atoms with Crippen LogP contribution in [0.15, 0.2) is 173 Å². The number of furan rings is 2. The Kier molecular flexibility index (Phi) is 6.42. The van der Waals surface area contributed by atoms with Crippen LogP contribution in [0.1, 0.15) is 0 Å². The van der Waals surface area contributed by atoms with Crippen LogP contribution >= 0.6 is 0 Å². The molecular formula is C45H27N3O2. The first-order valence-electron chi connectivity index (χ1n) is 16.6. The number of fused-ring (bicyclic) bond motifs is 6. The monoisotopic (exact) mass is 641 g/mol. The SMILES string of the molecule is c1ccc(-c2cc(-c3ccccc3)c3oc4cc(-c5nc(-c6ccccc6)nc(-c6ccc7oc8ccccc8c7c6)n5)ccc4c3c2)cc1. The Bertz CT molecular complexity index is 2860. The molecule has 0 aliphatic rings. The predicted octanol–water partition coefficient (Wildman–Crippen LogP) is 12.0. The van der Waals surface area contributed by atoms with Crippen LogP contribution in [0.3, 0.4) is 0 Å². The van der Waals surface area contributed by atoms with Gasteiger partial charge in [0, 0.05) is 43.8 Å². The van der Waals surface area contributed by atoms with Gasteiger partial charge < -0.3 is 8.83 Å². The second kappa shape index (κ2) is 11.4. The Hall–Kier alpha value is -6.85. The number of benzene rings is 7. The summed E-state index contributed by atoms with van der Waals surface area (Å²) in [7, 11) is 0. The van der Waals surface area contributed by atoms with Gasteiger partial charge in [0.1, 0.15) is 22.3 Å². The van der Waals surface area contributed by atoms with Gasteiger partial charge in [0.25, 0.3) is 0 Å². The Labute approximate surface area is 287 Å². The maximum atomic E-state index is 6.72. The summed E-state index contributed by atoms with van der Waals surface area (Å²) in [6.07, 6.45) is 0. The van der Waals surface area contributed by atoms with Gasteiger partial charge in [-0.1, -0.05) is 115 Å². The maximum Gasteiger partial charge on any atom is 0.164 e. The summed E-state index contributed by atoms with van der Waals surface area (Å²) in [6.45, 7) is 0. The highest BCUT2D eigenvalue weighted by Gasteiger charge is 2.18. The van der Waals surface area contributed by atoms with Crippen molar-refractivity contribution >= 4 is 43.9 Å². The van der Waals surface area contributed by atoms with Crippen LogP contribution in [0.5, 0.6) is 0 Å². The second-order valence-electron chi connectivity index (χ2n) is 12.4. The van der Waals surface area contributed by atoms with E-state index in [-0.39, 0.29) is 0 Å². The summed E-state index contributed by atoms with van der Waals surface area (Å²) in [6, 6.07) is 55.8. The van der Waals surface area contributed by atoms with Crippen LogP contribution in [0.2, 0.25) is 0 Å². The van der Waals surface area contributed by atoms with Crippen molar-refractivity contribution in [2.75, 3.05) is 0 Å². The molecule has 0 bridgehead atoms. The van der Waals surface area contributed by atoms with Crippen molar-refractivity contribution in [1.29, 1.82) is 0 Å². The first kappa shape index (κ1) is 28.2. The van der Waals surface area contributed by atoms with Crippen molar-refractivity contribution in [2.24, 2.45) is 0 Å². The second-order valence-corrected chi connectivity index (χ2v) is 12.4. The van der Waals surface area contributed by atoms with Gasteiger partial charge in [0.05, 0.1) is 0 Å². The average molecular weight is 642 g/mol. The van der Waals surface area contributed by atoms with E-state index >= 15 is 0 Å². The number of para-hydroxylation sites is 1. The summed E-state index contributed by atoms with van der Waals surface area (Å²) < 4.78 is 12.8. The van der Waals surface area contributed by atoms with Gasteiger partial charge >= 0.3 is 0 Å². The van der Waals surface area contributed by atoms with Crippen molar-refractivity contribution in [3.05, 3.63) is 164 Å². The minimum absolute atomic E-state index is 0.571. The lowest BCUT2D eigenvalue weighted by Crippen LogP contribution is -2.00. The Balaban J connectivity index is 1.16. The van der Waals surface area contributed by atoms with E-state index in [0.29, 0.717) is 17.5 Å². The molecule has 0 unspecified atom stereocenters. The molecule has 50 heavy (non-hydrogen) atoms. The number of aromatic nitrogens is 3. The molecular weight excluding hydrogens is 615 g/mol. The first-order chi connectivity index (χ1) is 24.7. The van der Waals surface area contributed by atoms with Crippen LogP contribution in [0, 0.1) is 0 Å². The van der Waals surface area contributed by atoms with Crippen LogP contribution in [-0.4, -0.2) is 15.0 Å². The molecule has 3 heterocycles. The first-order valence-corrected chi connectivity index (χ1v) is 16.6. The van der Waals surface area contributed by atoms with Crippen molar-refractivity contribution in [3.63, 3.8) is 0 Å². The normalized spacial score (nSPS) is 11.6. The summed E-state index contributed by atoms with van der Waals surface area (Å²) in [5, 5.41) is 4.18. The van der Waals surface area contributed by atoms with Crippen LogP contribution < -0.4 is 0 Å². The van der Waals surface area contributed by atoms with Crippen LogP contribution in [0.25, 0.3) is 100 Å². The van der Waals surface area contributed by atoms with E-state index < -0.39 is 0 Å². The van der Waals surface area contributed by atoms with E-state index in [2.05, 4.69) is 84.9 Å². The van der Waals surface area contributed by atoms with Crippen molar-refractivity contribution in [1.82, 2.24) is 15.0 Å². The quantitative estimate of drug-likeness (QED) is 0.187. The van der Waals surface area contributed by atoms with Crippen LogP contribution in [-0.2, 0) is 0 Å². The van der Waals surface area contributed by atoms with Gasteiger partial charge in [0.15, 0.2) is 17.5 Å². The Morgan fingerprint density at radius 1 is 0.300 bits per heavy atom. The van der Waals surface area contributed by atoms with E-state index in [1.807, 2.05) is 78.9 Å². The fraction of sp³-hybridized carbons (Fsp3) is 0. The van der Waals surface area contributed by atoms with Gasteiger partial charge in [-0.15, -0.1) is 0 Å². The molecule has 5 heteroatoms. The highest BCUT2D eigenvalue weighted by atomic mass is 16.3. The molecule has 0 atom stereocenters. The lowest BCUT2D eigenvalue weighted by molar-refractivity contribution is 0.669. The molecule has 0 spiro atoms. The zero-order valence-corrected chi connectivity index (χ0v) is 26.7. The van der Waals surface area contributed by atoms with Gasteiger partial charge in [-0.2, -0.15) is 0 Å². The molecule has 0 aliphatic carbocycles. The molecule has 0 aliphatic heterocycles. The van der Waals surface area contributed by atoms with Crippen molar-refractivity contribution in [2.45, 2.75) is 0 Å². The third-order valence-electron chi connectivity index (χ3n) is 9.33. The molecule has 0 radical (unpaired) electrons. The van der Waals surface area contributed by atoms with Crippen molar-refractivity contribution in [3.8, 4) is 56.4 Å². The van der Waals surface area contributed by atoms with E-state index in [1.165, 1.54) is 0 Å². The zero-order chi connectivity index (χ0) is 33.0. The van der Waals surface area contributed by atoms with E-state index in [9.17, 15) is 0 Å². The van der Waals surface area contributed by atoms with Crippen LogP contribution in [0.4, 0.5) is 0 Å². The highest BCUT2D eigenvalue weighted by Crippen LogP contribution is 2.41. The summed E-state index contributed by atoms with van der Waals surface area (Å²) in [5.41, 5.74) is 10.4. The fourth-order valence-corrected chi connectivity index (χ4v) is 6.86. The topological polar surface area (TPSA) is 65.0 Å². The molecule has 10 rings (SSSR count). The average Bonchev–Trinajstić information content (AvgIpc) is 3.76. The predicted molar refractivity (Wildman–Crippen MR) is 202 cm³/mol. The highest BCUT2D eigenvalue weighted by molar-refractivity contribution is 6.12. The molecule has 0 saturated heterocycles. The standard InChI is InChI=1S/C45H27N3O2/c1-4-12-28(13-5-1)33-25-36(29-14-6-2-7-15-29)42-38(26-33)35-22-20-32(27-41(35)50-42)45-47-43(30-16-8-3-9-17-30)46-44(48-45)31-21-23-40-37(24-31)34-18-10-11-19-39(34)49-40/h1-27H. The molecule has 0 amide bonds. The van der Waals surface area contributed by atoms with E-state index in [4.69, 9.17) is 23.8 Å².